The molecule has 0 saturated carbocycles. The van der Waals surface area contributed by atoms with Crippen molar-refractivity contribution in [2.45, 2.75) is 6.92 Å². The summed E-state index contributed by atoms with van der Waals surface area (Å²) >= 11 is 5.73. The molecule has 0 N–H and O–H groups in total. The van der Waals surface area contributed by atoms with E-state index in [0.717, 1.165) is 13.7 Å². The highest BCUT2D eigenvalue weighted by molar-refractivity contribution is 14.1. The molecule has 0 aliphatic rings. The van der Waals surface area contributed by atoms with E-state index in [9.17, 15) is 0 Å². The number of aromatic nitrogens is 3. The van der Waals surface area contributed by atoms with Crippen molar-refractivity contribution in [2.75, 3.05) is 0 Å². The molecule has 0 aliphatic heterocycles. The van der Waals surface area contributed by atoms with E-state index < -0.39 is 0 Å². The molecule has 0 unspecified atom stereocenters. The maximum Gasteiger partial charge on any atom is 0.168 e. The number of fused-ring (bicyclic) bond motifs is 1. The van der Waals surface area contributed by atoms with Crippen molar-refractivity contribution < 1.29 is 0 Å². The molecule has 0 fully saturated rings. The average Bonchev–Trinajstić information content (AvgIpc) is 2.48. The van der Waals surface area contributed by atoms with Crippen LogP contribution < -0.4 is 0 Å². The zero-order valence-electron chi connectivity index (χ0n) is 6.25. The number of hydrogen-bond acceptors (Lipinski definition) is 2. The van der Waals surface area contributed by atoms with Crippen LogP contribution in [0.1, 0.15) is 5.56 Å². The van der Waals surface area contributed by atoms with E-state index in [4.69, 9.17) is 0 Å². The number of pyridine rings is 1. The first-order valence-corrected chi connectivity index (χ1v) is 5.21. The van der Waals surface area contributed by atoms with Crippen LogP contribution in [0.2, 0.25) is 0 Å². The van der Waals surface area contributed by atoms with Gasteiger partial charge in [0.05, 0.1) is 3.57 Å². The van der Waals surface area contributed by atoms with Crippen molar-refractivity contribution in [2.24, 2.45) is 0 Å². The van der Waals surface area contributed by atoms with Gasteiger partial charge in [-0.2, -0.15) is 5.10 Å². The molecule has 2 heterocycles. The molecule has 0 aromatic carbocycles. The quantitative estimate of drug-likeness (QED) is 0.691. The highest BCUT2D eigenvalue weighted by Crippen LogP contribution is 2.23. The predicted molar refractivity (Wildman–Crippen MR) is 58.1 cm³/mol. The normalized spacial score (nSPS) is 10.9. The Morgan fingerprint density at radius 2 is 2.33 bits per heavy atom. The Labute approximate surface area is 91.5 Å². The third kappa shape index (κ3) is 1.15. The van der Waals surface area contributed by atoms with Gasteiger partial charge >= 0.3 is 0 Å². The molecule has 62 valence electrons. The van der Waals surface area contributed by atoms with E-state index in [0.29, 0.717) is 0 Å². The second-order valence-electron chi connectivity index (χ2n) is 2.44. The lowest BCUT2D eigenvalue weighted by Crippen LogP contribution is -1.93. The molecule has 2 rings (SSSR count). The molecular formula is C7H5BrIN3. The smallest absolute Gasteiger partial charge is 0.168 e. The largest absolute Gasteiger partial charge is 0.219 e. The van der Waals surface area contributed by atoms with Gasteiger partial charge < -0.3 is 0 Å². The molecule has 0 saturated heterocycles. The van der Waals surface area contributed by atoms with Gasteiger partial charge in [0.2, 0.25) is 0 Å². The van der Waals surface area contributed by atoms with Gasteiger partial charge in [-0.15, -0.1) is 0 Å². The number of rotatable bonds is 0. The van der Waals surface area contributed by atoms with Gasteiger partial charge in [-0.05, 0) is 51.0 Å². The Balaban J connectivity index is 2.94. The summed E-state index contributed by atoms with van der Waals surface area (Å²) in [6.45, 7) is 2.06. The van der Waals surface area contributed by atoms with Crippen LogP contribution in [-0.2, 0) is 0 Å². The van der Waals surface area contributed by atoms with Gasteiger partial charge in [0.25, 0.3) is 0 Å². The molecule has 0 radical (unpaired) electrons. The summed E-state index contributed by atoms with van der Waals surface area (Å²) in [7, 11) is 0. The SMILES string of the molecule is Cc1c(Br)cn2ncnc2c1I. The van der Waals surface area contributed by atoms with Gasteiger partial charge in [0.15, 0.2) is 5.65 Å². The van der Waals surface area contributed by atoms with Crippen molar-refractivity contribution in [3.63, 3.8) is 0 Å². The Morgan fingerprint density at radius 1 is 1.58 bits per heavy atom. The zero-order valence-corrected chi connectivity index (χ0v) is 10.00. The Morgan fingerprint density at radius 3 is 3.08 bits per heavy atom. The van der Waals surface area contributed by atoms with Gasteiger partial charge in [-0.3, -0.25) is 0 Å². The van der Waals surface area contributed by atoms with Crippen LogP contribution in [-0.4, -0.2) is 14.6 Å². The van der Waals surface area contributed by atoms with Crippen molar-refractivity contribution in [1.29, 1.82) is 0 Å². The summed E-state index contributed by atoms with van der Waals surface area (Å²) < 4.78 is 3.96. The highest BCUT2D eigenvalue weighted by Gasteiger charge is 2.07. The molecule has 0 spiro atoms. The number of hydrogen-bond donors (Lipinski definition) is 0. The van der Waals surface area contributed by atoms with Crippen LogP contribution in [0.4, 0.5) is 0 Å². The van der Waals surface area contributed by atoms with E-state index in [2.05, 4.69) is 55.5 Å². The topological polar surface area (TPSA) is 30.2 Å². The summed E-state index contributed by atoms with van der Waals surface area (Å²) in [6, 6.07) is 0. The van der Waals surface area contributed by atoms with Crippen LogP contribution in [0.15, 0.2) is 17.0 Å². The van der Waals surface area contributed by atoms with Gasteiger partial charge in [0, 0.05) is 10.7 Å². The van der Waals surface area contributed by atoms with Crippen LogP contribution in [0.25, 0.3) is 5.65 Å². The maximum atomic E-state index is 4.14. The molecule has 2 aromatic heterocycles. The van der Waals surface area contributed by atoms with Crippen LogP contribution in [0.3, 0.4) is 0 Å². The van der Waals surface area contributed by atoms with Crippen molar-refractivity contribution in [3.8, 4) is 0 Å². The molecule has 2 aromatic rings. The lowest BCUT2D eigenvalue weighted by atomic mass is 10.3. The first-order valence-electron chi connectivity index (χ1n) is 3.34. The number of nitrogens with zero attached hydrogens (tertiary/aromatic N) is 3. The molecular weight excluding hydrogens is 333 g/mol. The fourth-order valence-corrected chi connectivity index (χ4v) is 2.42. The van der Waals surface area contributed by atoms with Crippen molar-refractivity contribution >= 4 is 44.2 Å². The predicted octanol–water partition coefficient (Wildman–Crippen LogP) is 2.40. The fraction of sp³-hybridized carbons (Fsp3) is 0.143. The first-order chi connectivity index (χ1) is 5.70. The monoisotopic (exact) mass is 337 g/mol. The molecule has 0 atom stereocenters. The van der Waals surface area contributed by atoms with E-state index in [1.165, 1.54) is 5.56 Å². The number of halogens is 2. The summed E-state index contributed by atoms with van der Waals surface area (Å²) in [5, 5.41) is 4.05. The second-order valence-corrected chi connectivity index (χ2v) is 4.38. The second kappa shape index (κ2) is 2.95. The fourth-order valence-electron chi connectivity index (χ4n) is 0.978. The first kappa shape index (κ1) is 8.43. The minimum atomic E-state index is 0.913. The summed E-state index contributed by atoms with van der Waals surface area (Å²) in [5.41, 5.74) is 2.12. The minimum Gasteiger partial charge on any atom is -0.219 e. The molecule has 3 nitrogen and oxygen atoms in total. The summed E-state index contributed by atoms with van der Waals surface area (Å²) in [6.07, 6.45) is 3.48. The van der Waals surface area contributed by atoms with E-state index in [1.54, 1.807) is 10.8 Å². The Hall–Kier alpha value is -0.170. The lowest BCUT2D eigenvalue weighted by molar-refractivity contribution is 0.948. The third-order valence-electron chi connectivity index (χ3n) is 1.69. The van der Waals surface area contributed by atoms with Gasteiger partial charge in [-0.25, -0.2) is 9.50 Å². The van der Waals surface area contributed by atoms with Crippen LogP contribution >= 0.6 is 38.5 Å². The molecule has 5 heteroatoms. The van der Waals surface area contributed by atoms with Crippen LogP contribution in [0, 0.1) is 10.5 Å². The average molecular weight is 338 g/mol. The Bertz CT molecular complexity index is 437. The molecule has 0 amide bonds. The maximum absolute atomic E-state index is 4.14. The standard InChI is InChI=1S/C7H5BrIN3/c1-4-5(8)2-12-7(6(4)9)10-3-11-12/h2-3H,1H3. The van der Waals surface area contributed by atoms with Crippen LogP contribution in [0.5, 0.6) is 0 Å². The third-order valence-corrected chi connectivity index (χ3v) is 3.78. The van der Waals surface area contributed by atoms with E-state index in [1.807, 2.05) is 6.20 Å². The van der Waals surface area contributed by atoms with Gasteiger partial charge in [0.1, 0.15) is 6.33 Å². The minimum absolute atomic E-state index is 0.913. The van der Waals surface area contributed by atoms with Gasteiger partial charge in [-0.1, -0.05) is 0 Å². The Kier molecular flexibility index (Phi) is 2.07. The van der Waals surface area contributed by atoms with Crippen molar-refractivity contribution in [1.82, 2.24) is 14.6 Å². The molecule has 12 heavy (non-hydrogen) atoms. The van der Waals surface area contributed by atoms with E-state index in [-0.39, 0.29) is 0 Å². The molecule has 0 aliphatic carbocycles. The summed E-state index contributed by atoms with van der Waals surface area (Å²) in [5.74, 6) is 0. The zero-order chi connectivity index (χ0) is 8.72. The summed E-state index contributed by atoms with van der Waals surface area (Å²) in [4.78, 5) is 4.14. The molecule has 0 bridgehead atoms. The van der Waals surface area contributed by atoms with Crippen molar-refractivity contribution in [3.05, 3.63) is 26.1 Å². The van der Waals surface area contributed by atoms with E-state index >= 15 is 0 Å². The lowest BCUT2D eigenvalue weighted by Gasteiger charge is -2.01. The highest BCUT2D eigenvalue weighted by atomic mass is 127.